The SMILES string of the molecule is COc1ccc(Br)cc1/C=N\NC(=O)CN(c1ccc(Br)cc1)S(=O)(=O)c1ccccc1. The number of carbonyl (C=O) groups is 1. The monoisotopic (exact) mass is 579 g/mol. The van der Waals surface area contributed by atoms with Crippen molar-refractivity contribution < 1.29 is 17.9 Å². The number of nitrogens with zero attached hydrogens (tertiary/aromatic N) is 2. The number of anilines is 1. The van der Waals surface area contributed by atoms with Crippen LogP contribution in [0.1, 0.15) is 5.56 Å². The summed E-state index contributed by atoms with van der Waals surface area (Å²) in [5.41, 5.74) is 3.38. The first-order valence-electron chi connectivity index (χ1n) is 9.30. The average Bonchev–Trinajstić information content (AvgIpc) is 2.79. The fraction of sp³-hybridized carbons (Fsp3) is 0.0909. The van der Waals surface area contributed by atoms with Crippen LogP contribution < -0.4 is 14.5 Å². The smallest absolute Gasteiger partial charge is 0.264 e. The Kier molecular flexibility index (Phi) is 8.05. The molecular weight excluding hydrogens is 562 g/mol. The van der Waals surface area contributed by atoms with Gasteiger partial charge in [0.05, 0.1) is 23.9 Å². The van der Waals surface area contributed by atoms with Crippen LogP contribution in [0.5, 0.6) is 5.75 Å². The molecule has 0 heterocycles. The van der Waals surface area contributed by atoms with E-state index in [0.717, 1.165) is 13.3 Å². The van der Waals surface area contributed by atoms with Gasteiger partial charge in [-0.3, -0.25) is 9.10 Å². The summed E-state index contributed by atoms with van der Waals surface area (Å²) in [6, 6.07) is 20.0. The quantitative estimate of drug-likeness (QED) is 0.312. The van der Waals surface area contributed by atoms with Gasteiger partial charge in [0.1, 0.15) is 12.3 Å². The van der Waals surface area contributed by atoms with Gasteiger partial charge in [0, 0.05) is 14.5 Å². The minimum absolute atomic E-state index is 0.0816. The molecule has 0 unspecified atom stereocenters. The van der Waals surface area contributed by atoms with Crippen LogP contribution in [0.3, 0.4) is 0 Å². The van der Waals surface area contributed by atoms with Gasteiger partial charge in [0.25, 0.3) is 15.9 Å². The lowest BCUT2D eigenvalue weighted by molar-refractivity contribution is -0.119. The Labute approximate surface area is 203 Å². The van der Waals surface area contributed by atoms with Crippen molar-refractivity contribution in [3.05, 3.63) is 87.3 Å². The Morgan fingerprint density at radius 2 is 1.69 bits per heavy atom. The second kappa shape index (κ2) is 10.8. The van der Waals surface area contributed by atoms with Crippen molar-refractivity contribution in [3.63, 3.8) is 0 Å². The molecule has 0 aliphatic heterocycles. The molecule has 0 bridgehead atoms. The standard InChI is InChI=1S/C22H19Br2N3O4S/c1-31-21-12-9-18(24)13-16(21)14-25-26-22(28)15-27(19-10-7-17(23)8-11-19)32(29,30)20-5-3-2-4-6-20/h2-14H,15H2,1H3,(H,26,28)/b25-14-. The number of ether oxygens (including phenoxy) is 1. The Bertz CT molecular complexity index is 1220. The molecule has 0 aliphatic carbocycles. The lowest BCUT2D eigenvalue weighted by Gasteiger charge is -2.23. The molecule has 32 heavy (non-hydrogen) atoms. The van der Waals surface area contributed by atoms with Crippen LogP contribution in [0.4, 0.5) is 5.69 Å². The van der Waals surface area contributed by atoms with E-state index in [1.54, 1.807) is 54.6 Å². The number of halogens is 2. The summed E-state index contributed by atoms with van der Waals surface area (Å²) in [7, 11) is -2.44. The number of hydrazone groups is 1. The minimum atomic E-state index is -3.98. The highest BCUT2D eigenvalue weighted by atomic mass is 79.9. The third-order valence-electron chi connectivity index (χ3n) is 4.32. The van der Waals surface area contributed by atoms with E-state index in [4.69, 9.17) is 4.74 Å². The summed E-state index contributed by atoms with van der Waals surface area (Å²) in [4.78, 5) is 12.7. The zero-order chi connectivity index (χ0) is 23.1. The number of hydrogen-bond donors (Lipinski definition) is 1. The van der Waals surface area contributed by atoms with Crippen molar-refractivity contribution in [2.75, 3.05) is 18.0 Å². The summed E-state index contributed by atoms with van der Waals surface area (Å²) < 4.78 is 34.4. The molecule has 0 radical (unpaired) electrons. The number of rotatable bonds is 8. The average molecular weight is 581 g/mol. The number of sulfonamides is 1. The molecular formula is C22H19Br2N3O4S. The maximum absolute atomic E-state index is 13.2. The zero-order valence-corrected chi connectivity index (χ0v) is 20.9. The van der Waals surface area contributed by atoms with Crippen molar-refractivity contribution in [1.29, 1.82) is 0 Å². The predicted molar refractivity (Wildman–Crippen MR) is 132 cm³/mol. The van der Waals surface area contributed by atoms with Crippen molar-refractivity contribution >= 4 is 59.7 Å². The van der Waals surface area contributed by atoms with Crippen molar-refractivity contribution in [1.82, 2.24) is 5.43 Å². The third kappa shape index (κ3) is 5.96. The van der Waals surface area contributed by atoms with Crippen LogP contribution >= 0.6 is 31.9 Å². The molecule has 0 aliphatic rings. The van der Waals surface area contributed by atoms with Crippen LogP contribution in [-0.4, -0.2) is 34.2 Å². The van der Waals surface area contributed by atoms with Gasteiger partial charge in [-0.25, -0.2) is 13.8 Å². The van der Waals surface area contributed by atoms with Crippen LogP contribution in [0.2, 0.25) is 0 Å². The van der Waals surface area contributed by atoms with E-state index >= 15 is 0 Å². The Morgan fingerprint density at radius 3 is 2.34 bits per heavy atom. The molecule has 1 N–H and O–H groups in total. The molecule has 0 spiro atoms. The number of amides is 1. The number of methoxy groups -OCH3 is 1. The number of carbonyl (C=O) groups excluding carboxylic acids is 1. The van der Waals surface area contributed by atoms with E-state index < -0.39 is 22.5 Å². The fourth-order valence-corrected chi connectivity index (χ4v) is 4.87. The van der Waals surface area contributed by atoms with E-state index in [1.807, 2.05) is 6.07 Å². The second-order valence-corrected chi connectivity index (χ2v) is 10.2. The summed E-state index contributed by atoms with van der Waals surface area (Å²) in [5.74, 6) is -0.0213. The first-order valence-corrected chi connectivity index (χ1v) is 12.3. The third-order valence-corrected chi connectivity index (χ3v) is 7.13. The molecule has 3 aromatic carbocycles. The van der Waals surface area contributed by atoms with Crippen molar-refractivity contribution in [2.45, 2.75) is 4.90 Å². The highest BCUT2D eigenvalue weighted by Crippen LogP contribution is 2.25. The highest BCUT2D eigenvalue weighted by Gasteiger charge is 2.27. The molecule has 0 saturated heterocycles. The van der Waals surface area contributed by atoms with Crippen molar-refractivity contribution in [2.24, 2.45) is 5.10 Å². The predicted octanol–water partition coefficient (Wildman–Crippen LogP) is 4.57. The van der Waals surface area contributed by atoms with E-state index in [0.29, 0.717) is 17.0 Å². The fourth-order valence-electron chi connectivity index (χ4n) is 2.79. The first-order chi connectivity index (χ1) is 15.3. The summed E-state index contributed by atoms with van der Waals surface area (Å²) in [6.45, 7) is -0.453. The lowest BCUT2D eigenvalue weighted by Crippen LogP contribution is -2.39. The molecule has 3 aromatic rings. The molecule has 0 saturated carbocycles. The molecule has 7 nitrogen and oxygen atoms in total. The maximum atomic E-state index is 13.2. The van der Waals surface area contributed by atoms with Gasteiger partial charge in [0.15, 0.2) is 0 Å². The van der Waals surface area contributed by atoms with E-state index in [-0.39, 0.29) is 4.90 Å². The molecule has 3 rings (SSSR count). The number of hydrogen-bond acceptors (Lipinski definition) is 5. The summed E-state index contributed by atoms with van der Waals surface area (Å²) in [5, 5.41) is 3.95. The summed E-state index contributed by atoms with van der Waals surface area (Å²) >= 11 is 6.71. The topological polar surface area (TPSA) is 88.1 Å². The van der Waals surface area contributed by atoms with E-state index in [2.05, 4.69) is 42.4 Å². The van der Waals surface area contributed by atoms with Crippen LogP contribution in [-0.2, 0) is 14.8 Å². The van der Waals surface area contributed by atoms with Crippen molar-refractivity contribution in [3.8, 4) is 5.75 Å². The Morgan fingerprint density at radius 1 is 1.03 bits per heavy atom. The van der Waals surface area contributed by atoms with Gasteiger partial charge in [0.2, 0.25) is 0 Å². The number of nitrogens with one attached hydrogen (secondary N) is 1. The van der Waals surface area contributed by atoms with Gasteiger partial charge >= 0.3 is 0 Å². The lowest BCUT2D eigenvalue weighted by atomic mass is 10.2. The Hall–Kier alpha value is -2.69. The first kappa shape index (κ1) is 24.0. The highest BCUT2D eigenvalue weighted by molar-refractivity contribution is 9.10. The van der Waals surface area contributed by atoms with Gasteiger partial charge in [-0.15, -0.1) is 0 Å². The maximum Gasteiger partial charge on any atom is 0.264 e. The molecule has 0 fully saturated rings. The molecule has 10 heteroatoms. The van der Waals surface area contributed by atoms with Gasteiger partial charge in [-0.05, 0) is 54.6 Å². The van der Waals surface area contributed by atoms with Gasteiger partial charge in [-0.1, -0.05) is 50.1 Å². The van der Waals surface area contributed by atoms with E-state index in [1.165, 1.54) is 25.5 Å². The molecule has 0 aromatic heterocycles. The van der Waals surface area contributed by atoms with Crippen LogP contribution in [0.15, 0.2) is 91.7 Å². The summed E-state index contributed by atoms with van der Waals surface area (Å²) in [6.07, 6.45) is 1.43. The molecule has 166 valence electrons. The van der Waals surface area contributed by atoms with Gasteiger partial charge < -0.3 is 4.74 Å². The normalized spacial score (nSPS) is 11.3. The molecule has 1 amide bonds. The van der Waals surface area contributed by atoms with Crippen LogP contribution in [0.25, 0.3) is 0 Å². The largest absolute Gasteiger partial charge is 0.496 e. The van der Waals surface area contributed by atoms with E-state index in [9.17, 15) is 13.2 Å². The minimum Gasteiger partial charge on any atom is -0.496 e. The second-order valence-electron chi connectivity index (χ2n) is 6.48. The Balaban J connectivity index is 1.83. The van der Waals surface area contributed by atoms with Crippen LogP contribution in [0, 0.1) is 0 Å². The van der Waals surface area contributed by atoms with Gasteiger partial charge in [-0.2, -0.15) is 5.10 Å². The zero-order valence-electron chi connectivity index (χ0n) is 16.9. The molecule has 0 atom stereocenters. The number of benzene rings is 3.